The molecule has 2 amide bonds. The Labute approximate surface area is 213 Å². The number of nitrogens with zero attached hydrogens (tertiary/aromatic N) is 4. The van der Waals surface area contributed by atoms with Crippen molar-refractivity contribution in [2.45, 2.75) is 18.0 Å². The molecule has 1 unspecified atom stereocenters. The van der Waals surface area contributed by atoms with Crippen LogP contribution in [0.2, 0.25) is 0 Å². The van der Waals surface area contributed by atoms with Gasteiger partial charge in [-0.1, -0.05) is 23.4 Å². The van der Waals surface area contributed by atoms with E-state index in [0.29, 0.717) is 11.0 Å². The second kappa shape index (κ2) is 9.46. The number of aromatic nitrogens is 2. The van der Waals surface area contributed by atoms with Crippen molar-refractivity contribution in [3.63, 3.8) is 0 Å². The number of thioether (sulfide) groups is 1. The summed E-state index contributed by atoms with van der Waals surface area (Å²) in [6.45, 7) is 0.112. The second-order valence-electron chi connectivity index (χ2n) is 8.20. The molecule has 0 aliphatic carbocycles. The van der Waals surface area contributed by atoms with Gasteiger partial charge in [-0.15, -0.1) is 11.8 Å². The van der Waals surface area contributed by atoms with Crippen molar-refractivity contribution in [2.75, 3.05) is 18.6 Å². The fraction of sp³-hybridized carbons (Fsp3) is 0.217. The number of rotatable bonds is 7. The number of benzene rings is 1. The summed E-state index contributed by atoms with van der Waals surface area (Å²) in [4.78, 5) is 47.6. The van der Waals surface area contributed by atoms with Crippen molar-refractivity contribution in [1.82, 2.24) is 15.2 Å². The first-order valence-corrected chi connectivity index (χ1v) is 12.0. The van der Waals surface area contributed by atoms with E-state index in [1.807, 2.05) is 12.1 Å². The van der Waals surface area contributed by atoms with E-state index in [4.69, 9.17) is 15.0 Å². The fourth-order valence-corrected chi connectivity index (χ4v) is 5.63. The minimum absolute atomic E-state index is 0.00467. The van der Waals surface area contributed by atoms with Gasteiger partial charge in [0.1, 0.15) is 30.5 Å². The summed E-state index contributed by atoms with van der Waals surface area (Å²) in [6.07, 6.45) is 4.38. The number of hydrogen-bond acceptors (Lipinski definition) is 11. The normalized spacial score (nSPS) is 19.4. The Bertz CT molecular complexity index is 1500. The Kier molecular flexibility index (Phi) is 6.17. The van der Waals surface area contributed by atoms with Crippen LogP contribution in [0.3, 0.4) is 0 Å². The standard InChI is InChI=1S/C23H20N6O7S/c1-35-27-16(14-9-36-23(24)25-14)19(31)26-17-20(32)29-18(22(33)34)12(10-37-21(17)29)7-28-6-11-4-2-3-5-13(11)15(30)8-28/h2-6,8-9,17,21H,7,10H2,1H3,(H4-,24,25,26,30,31,33,34)/t17?,21-/m0/s1. The number of nitrogens with two attached hydrogens (primary N) is 1. The van der Waals surface area contributed by atoms with Crippen molar-refractivity contribution >= 4 is 52.0 Å². The van der Waals surface area contributed by atoms with Gasteiger partial charge < -0.3 is 35.3 Å². The molecule has 0 spiro atoms. The van der Waals surface area contributed by atoms with Crippen LogP contribution in [0, 0.1) is 0 Å². The number of carbonyl (C=O) groups excluding carboxylic acids is 3. The lowest BCUT2D eigenvalue weighted by Gasteiger charge is -2.50. The van der Waals surface area contributed by atoms with Crippen molar-refractivity contribution in [3.8, 4) is 5.75 Å². The molecular formula is C23H20N6O7S. The number of aromatic hydroxyl groups is 1. The first-order valence-electron chi connectivity index (χ1n) is 10.9. The lowest BCUT2D eigenvalue weighted by Crippen LogP contribution is -2.71. The number of oxime groups is 1. The molecule has 37 heavy (non-hydrogen) atoms. The minimum atomic E-state index is -1.51. The lowest BCUT2D eigenvalue weighted by molar-refractivity contribution is -0.688. The molecule has 0 bridgehead atoms. The van der Waals surface area contributed by atoms with Gasteiger partial charge in [-0.25, -0.2) is 0 Å². The summed E-state index contributed by atoms with van der Waals surface area (Å²) in [7, 11) is 1.23. The average molecular weight is 525 g/mol. The van der Waals surface area contributed by atoms with Crippen LogP contribution in [0.25, 0.3) is 10.8 Å². The summed E-state index contributed by atoms with van der Waals surface area (Å²) in [5.74, 6) is -2.61. The molecule has 5 rings (SSSR count). The van der Waals surface area contributed by atoms with E-state index in [9.17, 15) is 24.6 Å². The monoisotopic (exact) mass is 524 g/mol. The van der Waals surface area contributed by atoms with Crippen LogP contribution < -0.4 is 20.7 Å². The molecule has 190 valence electrons. The molecule has 1 saturated heterocycles. The first kappa shape index (κ1) is 24.1. The Hall–Kier alpha value is -4.59. The van der Waals surface area contributed by atoms with E-state index in [0.717, 1.165) is 16.5 Å². The van der Waals surface area contributed by atoms with E-state index < -0.39 is 29.2 Å². The van der Waals surface area contributed by atoms with Gasteiger partial charge in [0, 0.05) is 22.1 Å². The summed E-state index contributed by atoms with van der Waals surface area (Å²) in [6, 6.07) is 6.02. The maximum Gasteiger partial charge on any atom is 0.292 e. The zero-order valence-electron chi connectivity index (χ0n) is 19.3. The zero-order chi connectivity index (χ0) is 26.3. The highest BCUT2D eigenvalue weighted by Crippen LogP contribution is 2.40. The van der Waals surface area contributed by atoms with Gasteiger partial charge in [0.25, 0.3) is 17.8 Å². The number of fused-ring (bicyclic) bond motifs is 2. The maximum atomic E-state index is 13.0. The molecule has 14 heteroatoms. The molecule has 2 aliphatic heterocycles. The summed E-state index contributed by atoms with van der Waals surface area (Å²) in [5.41, 5.74) is 5.37. The second-order valence-corrected chi connectivity index (χ2v) is 9.30. The number of pyridine rings is 1. The summed E-state index contributed by atoms with van der Waals surface area (Å²) >= 11 is 1.29. The third-order valence-electron chi connectivity index (χ3n) is 5.89. The Balaban J connectivity index is 1.38. The van der Waals surface area contributed by atoms with Crippen molar-refractivity contribution in [3.05, 3.63) is 59.9 Å². The minimum Gasteiger partial charge on any atom is -0.543 e. The van der Waals surface area contributed by atoms with Crippen LogP contribution in [-0.2, 0) is 25.8 Å². The topological polar surface area (TPSA) is 187 Å². The molecule has 0 saturated carbocycles. The number of carbonyl (C=O) groups is 3. The average Bonchev–Trinajstić information content (AvgIpc) is 3.31. The number of β-lactam (4-membered cyclic amide) rings is 1. The maximum absolute atomic E-state index is 13.0. The molecule has 2 aliphatic rings. The van der Waals surface area contributed by atoms with Gasteiger partial charge >= 0.3 is 0 Å². The van der Waals surface area contributed by atoms with Crippen LogP contribution in [0.15, 0.2) is 63.8 Å². The highest BCUT2D eigenvalue weighted by atomic mass is 32.2. The number of nitrogens with one attached hydrogen (secondary N) is 1. The number of anilines is 1. The van der Waals surface area contributed by atoms with Crippen LogP contribution >= 0.6 is 11.8 Å². The van der Waals surface area contributed by atoms with E-state index in [-0.39, 0.29) is 41.2 Å². The lowest BCUT2D eigenvalue weighted by atomic mass is 10.0. The molecule has 4 heterocycles. The number of nitrogen functional groups attached to an aromatic ring is 1. The molecule has 2 atom stereocenters. The van der Waals surface area contributed by atoms with Gasteiger partial charge in [-0.05, 0) is 6.07 Å². The van der Waals surface area contributed by atoms with Gasteiger partial charge in [0.15, 0.2) is 24.2 Å². The SMILES string of the molecule is CON=C(C(=O)NC1C(=O)N2C(C(=O)[O-])=C(C[n+]3cc(O)c4ccccc4c3)CS[C@@H]12)c1coc(N)n1. The summed E-state index contributed by atoms with van der Waals surface area (Å²) < 4.78 is 6.55. The molecule has 13 nitrogen and oxygen atoms in total. The third kappa shape index (κ3) is 4.31. The molecule has 0 radical (unpaired) electrons. The number of carboxylic acids is 1. The zero-order valence-corrected chi connectivity index (χ0v) is 20.1. The van der Waals surface area contributed by atoms with Crippen molar-refractivity contribution in [1.29, 1.82) is 0 Å². The van der Waals surface area contributed by atoms with E-state index in [2.05, 4.69) is 15.5 Å². The fourth-order valence-electron chi connectivity index (χ4n) is 4.29. The highest BCUT2D eigenvalue weighted by molar-refractivity contribution is 8.00. The number of hydrogen-bond donors (Lipinski definition) is 3. The van der Waals surface area contributed by atoms with Gasteiger partial charge in [-0.2, -0.15) is 9.55 Å². The van der Waals surface area contributed by atoms with Crippen molar-refractivity contribution < 1.29 is 38.4 Å². The van der Waals surface area contributed by atoms with E-state index in [1.54, 1.807) is 22.9 Å². The predicted octanol–water partition coefficient (Wildman–Crippen LogP) is -1.14. The smallest absolute Gasteiger partial charge is 0.292 e. The van der Waals surface area contributed by atoms with E-state index in [1.165, 1.54) is 25.1 Å². The van der Waals surface area contributed by atoms with Crippen LogP contribution in [0.1, 0.15) is 5.69 Å². The van der Waals surface area contributed by atoms with Gasteiger partial charge in [0.2, 0.25) is 6.20 Å². The molecule has 3 aromatic rings. The number of oxazole rings is 1. The largest absolute Gasteiger partial charge is 0.543 e. The Morgan fingerprint density at radius 1 is 1.41 bits per heavy atom. The summed E-state index contributed by atoms with van der Waals surface area (Å²) in [5, 5.41) is 29.4. The predicted molar refractivity (Wildman–Crippen MR) is 127 cm³/mol. The van der Waals surface area contributed by atoms with Gasteiger partial charge in [0.05, 0.1) is 11.7 Å². The Morgan fingerprint density at radius 2 is 2.19 bits per heavy atom. The van der Waals surface area contributed by atoms with Crippen LogP contribution in [0.5, 0.6) is 5.75 Å². The van der Waals surface area contributed by atoms with Crippen LogP contribution in [0.4, 0.5) is 6.01 Å². The van der Waals surface area contributed by atoms with E-state index >= 15 is 0 Å². The first-order chi connectivity index (χ1) is 17.8. The van der Waals surface area contributed by atoms with Crippen LogP contribution in [-0.4, -0.2) is 62.8 Å². The highest BCUT2D eigenvalue weighted by Gasteiger charge is 2.53. The molecule has 1 fully saturated rings. The number of aliphatic carboxylic acids is 1. The molecule has 2 aromatic heterocycles. The number of amides is 2. The molecule has 4 N–H and O–H groups in total. The third-order valence-corrected chi connectivity index (χ3v) is 7.23. The molecular weight excluding hydrogens is 504 g/mol. The number of carboxylic acid groups (broad SMARTS) is 1. The molecule has 1 aromatic carbocycles. The van der Waals surface area contributed by atoms with Gasteiger partial charge in [-0.3, -0.25) is 14.5 Å². The quantitative estimate of drug-likeness (QED) is 0.147. The Morgan fingerprint density at radius 3 is 2.89 bits per heavy atom. The van der Waals surface area contributed by atoms with Crippen molar-refractivity contribution in [2.24, 2.45) is 5.16 Å².